The molecule has 0 atom stereocenters. The van der Waals surface area contributed by atoms with E-state index in [0.717, 1.165) is 16.8 Å². The average molecular weight is 272 g/mol. The zero-order valence-electron chi connectivity index (χ0n) is 12.5. The van der Waals surface area contributed by atoms with Gasteiger partial charge in [0.15, 0.2) is 0 Å². The molecule has 0 fully saturated rings. The summed E-state index contributed by atoms with van der Waals surface area (Å²) < 4.78 is 0. The van der Waals surface area contributed by atoms with Crippen LogP contribution in [0.15, 0.2) is 12.1 Å². The SMILES string of the molecule is Cc1cc(C)c(NC(=O)c2n[nH]c(C(C)C)n2)c(C)c1. The van der Waals surface area contributed by atoms with Crippen LogP contribution in [0.4, 0.5) is 5.69 Å². The zero-order valence-corrected chi connectivity index (χ0v) is 12.5. The highest BCUT2D eigenvalue weighted by atomic mass is 16.2. The number of nitrogens with one attached hydrogen (secondary N) is 2. The molecular weight excluding hydrogens is 252 g/mol. The number of hydrogen-bond acceptors (Lipinski definition) is 3. The van der Waals surface area contributed by atoms with E-state index in [1.54, 1.807) is 0 Å². The Morgan fingerprint density at radius 2 is 1.80 bits per heavy atom. The van der Waals surface area contributed by atoms with E-state index in [4.69, 9.17) is 0 Å². The largest absolute Gasteiger partial charge is 0.319 e. The lowest BCUT2D eigenvalue weighted by Crippen LogP contribution is -2.15. The van der Waals surface area contributed by atoms with Crippen molar-refractivity contribution in [2.75, 3.05) is 5.32 Å². The third kappa shape index (κ3) is 2.87. The first-order valence-electron chi connectivity index (χ1n) is 6.70. The van der Waals surface area contributed by atoms with Gasteiger partial charge in [0.1, 0.15) is 5.82 Å². The molecular formula is C15H20N4O. The summed E-state index contributed by atoms with van der Waals surface area (Å²) in [6.45, 7) is 9.99. The summed E-state index contributed by atoms with van der Waals surface area (Å²) in [5.74, 6) is 0.815. The average Bonchev–Trinajstić information content (AvgIpc) is 2.83. The highest BCUT2D eigenvalue weighted by molar-refractivity contribution is 6.02. The van der Waals surface area contributed by atoms with Crippen LogP contribution in [-0.2, 0) is 0 Å². The molecule has 0 aliphatic carbocycles. The van der Waals surface area contributed by atoms with Gasteiger partial charge in [-0.2, -0.15) is 0 Å². The molecule has 106 valence electrons. The van der Waals surface area contributed by atoms with Crippen LogP contribution < -0.4 is 5.32 Å². The summed E-state index contributed by atoms with van der Waals surface area (Å²) in [7, 11) is 0. The number of aromatic nitrogens is 3. The lowest BCUT2D eigenvalue weighted by molar-refractivity contribution is 0.101. The van der Waals surface area contributed by atoms with Crippen LogP contribution >= 0.6 is 0 Å². The van der Waals surface area contributed by atoms with Crippen LogP contribution in [0, 0.1) is 20.8 Å². The minimum Gasteiger partial charge on any atom is -0.319 e. The predicted molar refractivity (Wildman–Crippen MR) is 79.1 cm³/mol. The molecule has 0 saturated heterocycles. The maximum absolute atomic E-state index is 12.2. The van der Waals surface area contributed by atoms with Crippen LogP contribution in [-0.4, -0.2) is 21.1 Å². The highest BCUT2D eigenvalue weighted by Crippen LogP contribution is 2.22. The Morgan fingerprint density at radius 1 is 1.20 bits per heavy atom. The Balaban J connectivity index is 2.23. The number of carbonyl (C=O) groups excluding carboxylic acids is 1. The minimum absolute atomic E-state index is 0.174. The van der Waals surface area contributed by atoms with Gasteiger partial charge in [0.25, 0.3) is 5.91 Å². The Hall–Kier alpha value is -2.17. The molecule has 0 aliphatic heterocycles. The van der Waals surface area contributed by atoms with Crippen LogP contribution in [0.2, 0.25) is 0 Å². The number of H-pyrrole nitrogens is 1. The first-order chi connectivity index (χ1) is 9.38. The van der Waals surface area contributed by atoms with Crippen molar-refractivity contribution < 1.29 is 4.79 Å². The van der Waals surface area contributed by atoms with Gasteiger partial charge in [0.2, 0.25) is 5.82 Å². The fourth-order valence-electron chi connectivity index (χ4n) is 2.18. The molecule has 5 nitrogen and oxygen atoms in total. The van der Waals surface area contributed by atoms with E-state index in [0.29, 0.717) is 5.82 Å². The summed E-state index contributed by atoms with van der Waals surface area (Å²) in [6, 6.07) is 4.08. The Morgan fingerprint density at radius 3 is 2.30 bits per heavy atom. The topological polar surface area (TPSA) is 70.7 Å². The van der Waals surface area contributed by atoms with Crippen molar-refractivity contribution in [2.45, 2.75) is 40.5 Å². The molecule has 0 unspecified atom stereocenters. The summed E-state index contributed by atoms with van der Waals surface area (Å²) in [4.78, 5) is 16.4. The van der Waals surface area contributed by atoms with Crippen molar-refractivity contribution in [3.63, 3.8) is 0 Å². The fraction of sp³-hybridized carbons (Fsp3) is 0.400. The summed E-state index contributed by atoms with van der Waals surface area (Å²) in [5.41, 5.74) is 4.08. The van der Waals surface area contributed by atoms with E-state index in [1.807, 2.05) is 46.8 Å². The normalized spacial score (nSPS) is 10.9. The number of amides is 1. The molecule has 2 rings (SSSR count). The monoisotopic (exact) mass is 272 g/mol. The molecule has 0 saturated carbocycles. The van der Waals surface area contributed by atoms with Gasteiger partial charge >= 0.3 is 0 Å². The standard InChI is InChI=1S/C15H20N4O/c1-8(2)13-17-14(19-18-13)15(20)16-12-10(4)6-9(3)7-11(12)5/h6-8H,1-5H3,(H,16,20)(H,17,18,19). The van der Waals surface area contributed by atoms with E-state index in [-0.39, 0.29) is 17.6 Å². The number of anilines is 1. The second-order valence-corrected chi connectivity index (χ2v) is 5.43. The molecule has 1 aromatic carbocycles. The maximum atomic E-state index is 12.2. The van der Waals surface area contributed by atoms with E-state index < -0.39 is 0 Å². The van der Waals surface area contributed by atoms with Crippen molar-refractivity contribution in [1.82, 2.24) is 15.2 Å². The molecule has 5 heteroatoms. The highest BCUT2D eigenvalue weighted by Gasteiger charge is 2.16. The smallest absolute Gasteiger partial charge is 0.295 e. The van der Waals surface area contributed by atoms with Gasteiger partial charge in [-0.05, 0) is 31.9 Å². The van der Waals surface area contributed by atoms with E-state index in [2.05, 4.69) is 20.5 Å². The number of nitrogens with zero attached hydrogens (tertiary/aromatic N) is 2. The Kier molecular flexibility index (Phi) is 3.88. The second-order valence-electron chi connectivity index (χ2n) is 5.43. The van der Waals surface area contributed by atoms with Gasteiger partial charge < -0.3 is 5.32 Å². The molecule has 0 bridgehead atoms. The Labute approximate surface area is 118 Å². The van der Waals surface area contributed by atoms with E-state index >= 15 is 0 Å². The van der Waals surface area contributed by atoms with Crippen molar-refractivity contribution in [2.24, 2.45) is 0 Å². The van der Waals surface area contributed by atoms with E-state index in [1.165, 1.54) is 5.56 Å². The second kappa shape index (κ2) is 5.45. The number of hydrogen-bond donors (Lipinski definition) is 2. The van der Waals surface area contributed by atoms with Crippen LogP contribution in [0.5, 0.6) is 0 Å². The molecule has 1 amide bonds. The van der Waals surface area contributed by atoms with Crippen molar-refractivity contribution in [3.8, 4) is 0 Å². The third-order valence-corrected chi connectivity index (χ3v) is 3.17. The Bertz CT molecular complexity index is 620. The van der Waals surface area contributed by atoms with Gasteiger partial charge in [-0.3, -0.25) is 9.89 Å². The molecule has 1 heterocycles. The van der Waals surface area contributed by atoms with Crippen molar-refractivity contribution in [1.29, 1.82) is 0 Å². The summed E-state index contributed by atoms with van der Waals surface area (Å²) in [5, 5.41) is 9.64. The predicted octanol–water partition coefficient (Wildman–Crippen LogP) is 3.11. The number of benzene rings is 1. The molecule has 0 radical (unpaired) electrons. The van der Waals surface area contributed by atoms with Gasteiger partial charge in [-0.15, -0.1) is 5.10 Å². The molecule has 1 aromatic heterocycles. The summed E-state index contributed by atoms with van der Waals surface area (Å²) >= 11 is 0. The van der Waals surface area contributed by atoms with Gasteiger partial charge in [-0.25, -0.2) is 4.98 Å². The molecule has 0 aliphatic rings. The number of carbonyl (C=O) groups is 1. The fourth-order valence-corrected chi connectivity index (χ4v) is 2.18. The number of aryl methyl sites for hydroxylation is 3. The van der Waals surface area contributed by atoms with E-state index in [9.17, 15) is 4.79 Å². The van der Waals surface area contributed by atoms with Crippen molar-refractivity contribution in [3.05, 3.63) is 40.5 Å². The van der Waals surface area contributed by atoms with Gasteiger partial charge in [-0.1, -0.05) is 31.5 Å². The lowest BCUT2D eigenvalue weighted by atomic mass is 10.1. The van der Waals surface area contributed by atoms with Crippen LogP contribution in [0.1, 0.15) is 52.9 Å². The van der Waals surface area contributed by atoms with Crippen LogP contribution in [0.25, 0.3) is 0 Å². The molecule has 0 spiro atoms. The van der Waals surface area contributed by atoms with Gasteiger partial charge in [0, 0.05) is 11.6 Å². The van der Waals surface area contributed by atoms with Gasteiger partial charge in [0.05, 0.1) is 0 Å². The first-order valence-corrected chi connectivity index (χ1v) is 6.70. The minimum atomic E-state index is -0.289. The molecule has 20 heavy (non-hydrogen) atoms. The maximum Gasteiger partial charge on any atom is 0.295 e. The summed E-state index contributed by atoms with van der Waals surface area (Å²) in [6.07, 6.45) is 0. The quantitative estimate of drug-likeness (QED) is 0.902. The van der Waals surface area contributed by atoms with Crippen LogP contribution in [0.3, 0.4) is 0 Å². The zero-order chi connectivity index (χ0) is 14.9. The van der Waals surface area contributed by atoms with Crippen molar-refractivity contribution >= 4 is 11.6 Å². The molecule has 2 N–H and O–H groups in total. The number of rotatable bonds is 3. The first kappa shape index (κ1) is 14.2. The lowest BCUT2D eigenvalue weighted by Gasteiger charge is -2.11. The molecule has 2 aromatic rings. The number of aromatic amines is 1. The third-order valence-electron chi connectivity index (χ3n) is 3.17.